The van der Waals surface area contributed by atoms with Crippen molar-refractivity contribution in [2.45, 2.75) is 39.5 Å². The lowest BCUT2D eigenvalue weighted by Gasteiger charge is -2.18. The fraction of sp³-hybridized carbons (Fsp3) is 0.286. The van der Waals surface area contributed by atoms with E-state index in [9.17, 15) is 14.0 Å². The quantitative estimate of drug-likeness (QED) is 0.611. The first-order valence-electron chi connectivity index (χ1n) is 8.64. The van der Waals surface area contributed by atoms with Crippen molar-refractivity contribution in [3.63, 3.8) is 0 Å². The molecule has 0 saturated heterocycles. The second-order valence-electron chi connectivity index (χ2n) is 7.35. The van der Waals surface area contributed by atoms with Crippen LogP contribution < -0.4 is 10.7 Å². The van der Waals surface area contributed by atoms with Crippen molar-refractivity contribution in [2.75, 3.05) is 5.32 Å². The lowest BCUT2D eigenvalue weighted by Crippen LogP contribution is -2.21. The van der Waals surface area contributed by atoms with E-state index in [0.29, 0.717) is 17.0 Å². The zero-order valence-electron chi connectivity index (χ0n) is 16.0. The van der Waals surface area contributed by atoms with Crippen molar-refractivity contribution in [1.82, 2.24) is 5.43 Å². The Bertz CT molecular complexity index is 835. The third-order valence-corrected chi connectivity index (χ3v) is 3.91. The number of hydrogen-bond acceptors (Lipinski definition) is 3. The molecule has 2 amide bonds. The topological polar surface area (TPSA) is 70.6 Å². The Morgan fingerprint density at radius 1 is 1.00 bits per heavy atom. The van der Waals surface area contributed by atoms with E-state index in [1.807, 2.05) is 12.1 Å². The molecule has 0 spiro atoms. The van der Waals surface area contributed by atoms with Crippen LogP contribution in [0.1, 0.15) is 50.0 Å². The molecule has 2 rings (SSSR count). The maximum Gasteiger partial charge on any atom is 0.271 e. The molecule has 0 heterocycles. The van der Waals surface area contributed by atoms with Gasteiger partial charge in [-0.3, -0.25) is 9.59 Å². The molecule has 0 aliphatic heterocycles. The molecule has 0 fully saturated rings. The highest BCUT2D eigenvalue weighted by Gasteiger charge is 2.14. The van der Waals surface area contributed by atoms with Gasteiger partial charge in [0.1, 0.15) is 5.82 Å². The number of halogens is 1. The van der Waals surface area contributed by atoms with Crippen LogP contribution in [0.25, 0.3) is 0 Å². The van der Waals surface area contributed by atoms with Gasteiger partial charge in [0, 0.05) is 17.0 Å². The SMILES string of the molecule is C/C(CC(=O)Nc1ccc(F)cc1)=N\NC(=O)c1ccc(C(C)(C)C)cc1. The van der Waals surface area contributed by atoms with Crippen molar-refractivity contribution in [2.24, 2.45) is 5.10 Å². The van der Waals surface area contributed by atoms with Crippen molar-refractivity contribution in [3.05, 3.63) is 65.5 Å². The normalized spacial score (nSPS) is 11.8. The Labute approximate surface area is 158 Å². The summed E-state index contributed by atoms with van der Waals surface area (Å²) in [6.45, 7) is 7.96. The van der Waals surface area contributed by atoms with E-state index in [-0.39, 0.29) is 29.5 Å². The number of hydrogen-bond donors (Lipinski definition) is 2. The molecule has 0 aromatic heterocycles. The van der Waals surface area contributed by atoms with Crippen LogP contribution in [0, 0.1) is 5.82 Å². The Morgan fingerprint density at radius 3 is 2.15 bits per heavy atom. The molecule has 0 saturated carbocycles. The minimum Gasteiger partial charge on any atom is -0.326 e. The number of carbonyl (C=O) groups excluding carboxylic acids is 2. The third kappa shape index (κ3) is 6.33. The standard InChI is InChI=1S/C21H24FN3O2/c1-14(13-19(26)23-18-11-9-17(22)10-12-18)24-25-20(27)15-5-7-16(8-6-15)21(2,3)4/h5-12H,13H2,1-4H3,(H,23,26)(H,25,27)/b24-14+. The van der Waals surface area contributed by atoms with E-state index in [1.54, 1.807) is 19.1 Å². The van der Waals surface area contributed by atoms with Crippen LogP contribution in [0.3, 0.4) is 0 Å². The molecule has 6 heteroatoms. The number of rotatable bonds is 5. The van der Waals surface area contributed by atoms with Gasteiger partial charge in [0.2, 0.25) is 5.91 Å². The molecule has 27 heavy (non-hydrogen) atoms. The number of anilines is 1. The van der Waals surface area contributed by atoms with Gasteiger partial charge in [-0.1, -0.05) is 32.9 Å². The van der Waals surface area contributed by atoms with E-state index in [2.05, 4.69) is 36.6 Å². The second kappa shape index (κ2) is 8.58. The summed E-state index contributed by atoms with van der Waals surface area (Å²) in [5.74, 6) is -1.01. The van der Waals surface area contributed by atoms with E-state index in [0.717, 1.165) is 5.56 Å². The van der Waals surface area contributed by atoms with Gasteiger partial charge in [-0.25, -0.2) is 9.82 Å². The zero-order chi connectivity index (χ0) is 20.0. The molecule has 2 aromatic rings. The van der Waals surface area contributed by atoms with Crippen LogP contribution in [0.4, 0.5) is 10.1 Å². The molecule has 142 valence electrons. The van der Waals surface area contributed by atoms with Gasteiger partial charge in [-0.15, -0.1) is 0 Å². The molecular weight excluding hydrogens is 345 g/mol. The van der Waals surface area contributed by atoms with Gasteiger partial charge in [-0.05, 0) is 54.3 Å². The van der Waals surface area contributed by atoms with Crippen LogP contribution in [0.2, 0.25) is 0 Å². The van der Waals surface area contributed by atoms with Crippen LogP contribution in [-0.4, -0.2) is 17.5 Å². The molecule has 0 aliphatic rings. The highest BCUT2D eigenvalue weighted by Crippen LogP contribution is 2.22. The number of carbonyl (C=O) groups is 2. The van der Waals surface area contributed by atoms with E-state index < -0.39 is 0 Å². The molecule has 0 radical (unpaired) electrons. The van der Waals surface area contributed by atoms with Gasteiger partial charge in [-0.2, -0.15) is 5.10 Å². The fourth-order valence-electron chi connectivity index (χ4n) is 2.34. The Morgan fingerprint density at radius 2 is 1.59 bits per heavy atom. The maximum absolute atomic E-state index is 12.9. The average Bonchev–Trinajstić information content (AvgIpc) is 2.61. The van der Waals surface area contributed by atoms with Gasteiger partial charge < -0.3 is 5.32 Å². The molecule has 0 bridgehead atoms. The number of nitrogens with zero attached hydrogens (tertiary/aromatic N) is 1. The summed E-state index contributed by atoms with van der Waals surface area (Å²) in [5, 5.41) is 6.60. The molecule has 2 aromatic carbocycles. The van der Waals surface area contributed by atoms with Gasteiger partial charge >= 0.3 is 0 Å². The minimum atomic E-state index is -0.371. The summed E-state index contributed by atoms with van der Waals surface area (Å²) in [5.41, 5.74) is 5.05. The van der Waals surface area contributed by atoms with Gasteiger partial charge in [0.05, 0.1) is 6.42 Å². The van der Waals surface area contributed by atoms with Gasteiger partial charge in [0.25, 0.3) is 5.91 Å². The van der Waals surface area contributed by atoms with Crippen LogP contribution in [0.15, 0.2) is 53.6 Å². The number of hydrazone groups is 1. The molecule has 5 nitrogen and oxygen atoms in total. The largest absolute Gasteiger partial charge is 0.326 e. The number of nitrogens with one attached hydrogen (secondary N) is 2. The lowest BCUT2D eigenvalue weighted by atomic mass is 9.87. The summed E-state index contributed by atoms with van der Waals surface area (Å²) >= 11 is 0. The Balaban J connectivity index is 1.89. The predicted molar refractivity (Wildman–Crippen MR) is 105 cm³/mol. The van der Waals surface area contributed by atoms with E-state index in [1.165, 1.54) is 24.3 Å². The highest BCUT2D eigenvalue weighted by molar-refractivity contribution is 6.06. The smallest absolute Gasteiger partial charge is 0.271 e. The molecule has 0 aliphatic carbocycles. The van der Waals surface area contributed by atoms with Crippen molar-refractivity contribution < 1.29 is 14.0 Å². The average molecular weight is 369 g/mol. The van der Waals surface area contributed by atoms with Crippen LogP contribution >= 0.6 is 0 Å². The molecule has 0 unspecified atom stereocenters. The van der Waals surface area contributed by atoms with Crippen LogP contribution in [0.5, 0.6) is 0 Å². The molecule has 0 atom stereocenters. The summed E-state index contributed by atoms with van der Waals surface area (Å²) in [7, 11) is 0. The maximum atomic E-state index is 12.9. The number of benzene rings is 2. The Kier molecular flexibility index (Phi) is 6.45. The zero-order valence-corrected chi connectivity index (χ0v) is 16.0. The van der Waals surface area contributed by atoms with Crippen molar-refractivity contribution >= 4 is 23.2 Å². The molecule has 2 N–H and O–H groups in total. The first kappa shape index (κ1) is 20.3. The van der Waals surface area contributed by atoms with Crippen LogP contribution in [-0.2, 0) is 10.2 Å². The third-order valence-electron chi connectivity index (χ3n) is 3.91. The minimum absolute atomic E-state index is 0.0145. The first-order chi connectivity index (χ1) is 12.6. The van der Waals surface area contributed by atoms with Gasteiger partial charge in [0.15, 0.2) is 0 Å². The predicted octanol–water partition coefficient (Wildman–Crippen LogP) is 4.26. The van der Waals surface area contributed by atoms with E-state index >= 15 is 0 Å². The summed E-state index contributed by atoms with van der Waals surface area (Å²) in [6, 6.07) is 12.8. The highest BCUT2D eigenvalue weighted by atomic mass is 19.1. The lowest BCUT2D eigenvalue weighted by molar-refractivity contribution is -0.115. The number of amides is 2. The first-order valence-corrected chi connectivity index (χ1v) is 8.64. The summed E-state index contributed by atoms with van der Waals surface area (Å²) in [6.07, 6.45) is 0.0145. The monoisotopic (exact) mass is 369 g/mol. The second-order valence-corrected chi connectivity index (χ2v) is 7.35. The van der Waals surface area contributed by atoms with Crippen molar-refractivity contribution in [1.29, 1.82) is 0 Å². The van der Waals surface area contributed by atoms with E-state index in [4.69, 9.17) is 0 Å². The Hall–Kier alpha value is -3.02. The summed E-state index contributed by atoms with van der Waals surface area (Å²) in [4.78, 5) is 24.1. The summed E-state index contributed by atoms with van der Waals surface area (Å²) < 4.78 is 12.9. The molecular formula is C21H24FN3O2. The van der Waals surface area contributed by atoms with Crippen molar-refractivity contribution in [3.8, 4) is 0 Å². The fourth-order valence-corrected chi connectivity index (χ4v) is 2.34.